The van der Waals surface area contributed by atoms with Gasteiger partial charge in [0.2, 0.25) is 5.91 Å². The Morgan fingerprint density at radius 2 is 2.17 bits per heavy atom. The molecule has 0 aliphatic heterocycles. The number of aromatic nitrogens is 1. The Kier molecular flexibility index (Phi) is 4.93. The van der Waals surface area contributed by atoms with Crippen molar-refractivity contribution in [3.05, 3.63) is 22.8 Å². The van der Waals surface area contributed by atoms with Gasteiger partial charge in [-0.1, -0.05) is 11.6 Å². The van der Waals surface area contributed by atoms with Gasteiger partial charge >= 0.3 is 0 Å². The lowest BCUT2D eigenvalue weighted by atomic mass is 10.2. The third kappa shape index (κ3) is 3.60. The zero-order valence-electron chi connectivity index (χ0n) is 10.5. The molecule has 1 aromatic rings. The van der Waals surface area contributed by atoms with Crippen molar-refractivity contribution in [2.24, 2.45) is 0 Å². The largest absolute Gasteiger partial charge is 0.357 e. The number of halogens is 1. The van der Waals surface area contributed by atoms with Crippen LogP contribution in [0.4, 0.5) is 5.82 Å². The molecule has 5 nitrogen and oxygen atoms in total. The zero-order chi connectivity index (χ0) is 13.7. The molecule has 1 amide bonds. The molecular weight excluding hydrogens is 252 g/mol. The predicted molar refractivity (Wildman–Crippen MR) is 70.3 cm³/mol. The highest BCUT2D eigenvalue weighted by Crippen LogP contribution is 2.23. The lowest BCUT2D eigenvalue weighted by Crippen LogP contribution is -2.41. The van der Waals surface area contributed by atoms with Gasteiger partial charge in [-0.25, -0.2) is 4.98 Å². The Morgan fingerprint density at radius 1 is 1.50 bits per heavy atom. The minimum atomic E-state index is -0.480. The van der Waals surface area contributed by atoms with Crippen LogP contribution in [0.5, 0.6) is 0 Å². The molecular formula is C12H15ClN4O. The summed E-state index contributed by atoms with van der Waals surface area (Å²) in [4.78, 5) is 15.7. The minimum absolute atomic E-state index is 0.0654. The minimum Gasteiger partial charge on any atom is -0.357 e. The fourth-order valence-corrected chi connectivity index (χ4v) is 1.52. The van der Waals surface area contributed by atoms with E-state index < -0.39 is 6.04 Å². The van der Waals surface area contributed by atoms with Gasteiger partial charge in [0, 0.05) is 12.2 Å². The number of amides is 1. The van der Waals surface area contributed by atoms with Crippen LogP contribution in [-0.4, -0.2) is 23.0 Å². The molecule has 1 heterocycles. The average Bonchev–Trinajstić information content (AvgIpc) is 2.30. The number of hydrogen-bond donors (Lipinski definition) is 2. The molecule has 0 aliphatic carbocycles. The summed E-state index contributed by atoms with van der Waals surface area (Å²) in [5, 5.41) is 14.7. The molecule has 0 fully saturated rings. The molecule has 0 aliphatic rings. The Hall–Kier alpha value is -1.80. The number of carbonyl (C=O) groups is 1. The van der Waals surface area contributed by atoms with E-state index in [2.05, 4.69) is 15.6 Å². The molecule has 0 radical (unpaired) electrons. The summed E-state index contributed by atoms with van der Waals surface area (Å²) >= 11 is 5.98. The Labute approximate surface area is 111 Å². The maximum absolute atomic E-state index is 11.7. The fourth-order valence-electron chi connectivity index (χ4n) is 1.31. The van der Waals surface area contributed by atoms with E-state index in [-0.39, 0.29) is 17.0 Å². The number of nitriles is 1. The van der Waals surface area contributed by atoms with E-state index in [0.717, 1.165) is 0 Å². The van der Waals surface area contributed by atoms with Gasteiger partial charge in [-0.3, -0.25) is 4.79 Å². The van der Waals surface area contributed by atoms with Gasteiger partial charge in [-0.15, -0.1) is 0 Å². The van der Waals surface area contributed by atoms with Gasteiger partial charge < -0.3 is 10.6 Å². The molecule has 0 bridgehead atoms. The highest BCUT2D eigenvalue weighted by Gasteiger charge is 2.16. The fraction of sp³-hybridized carbons (Fsp3) is 0.417. The molecule has 0 saturated heterocycles. The van der Waals surface area contributed by atoms with Gasteiger partial charge in [-0.05, 0) is 26.8 Å². The van der Waals surface area contributed by atoms with Crippen molar-refractivity contribution in [2.75, 3.05) is 5.32 Å². The van der Waals surface area contributed by atoms with E-state index in [1.165, 1.54) is 12.3 Å². The second-order valence-corrected chi connectivity index (χ2v) is 4.54. The van der Waals surface area contributed by atoms with E-state index in [1.807, 2.05) is 19.9 Å². The first-order chi connectivity index (χ1) is 8.45. The molecule has 0 spiro atoms. The van der Waals surface area contributed by atoms with Crippen LogP contribution in [0, 0.1) is 11.3 Å². The summed E-state index contributed by atoms with van der Waals surface area (Å²) in [6.45, 7) is 5.47. The number of carbonyl (C=O) groups excluding carboxylic acids is 1. The first-order valence-corrected chi connectivity index (χ1v) is 5.95. The number of rotatable bonds is 4. The van der Waals surface area contributed by atoms with Gasteiger partial charge in [0.1, 0.15) is 23.0 Å². The average molecular weight is 267 g/mol. The summed E-state index contributed by atoms with van der Waals surface area (Å²) in [6, 6.07) is 3.06. The van der Waals surface area contributed by atoms with Crippen LogP contribution in [0.2, 0.25) is 5.02 Å². The van der Waals surface area contributed by atoms with Crippen molar-refractivity contribution < 1.29 is 4.79 Å². The van der Waals surface area contributed by atoms with E-state index in [1.54, 1.807) is 6.92 Å². The number of pyridine rings is 1. The zero-order valence-corrected chi connectivity index (χ0v) is 11.2. The van der Waals surface area contributed by atoms with Crippen LogP contribution >= 0.6 is 11.6 Å². The van der Waals surface area contributed by atoms with Crippen molar-refractivity contribution in [3.8, 4) is 6.07 Å². The molecule has 1 atom stereocenters. The summed E-state index contributed by atoms with van der Waals surface area (Å²) in [6.07, 6.45) is 1.47. The molecule has 6 heteroatoms. The smallest absolute Gasteiger partial charge is 0.242 e. The molecule has 2 N–H and O–H groups in total. The quantitative estimate of drug-likeness (QED) is 0.873. The van der Waals surface area contributed by atoms with Crippen LogP contribution in [0.25, 0.3) is 0 Å². The summed E-state index contributed by atoms with van der Waals surface area (Å²) in [5.74, 6) is 0.187. The molecule has 1 aromatic heterocycles. The third-order valence-corrected chi connectivity index (χ3v) is 2.57. The van der Waals surface area contributed by atoms with E-state index >= 15 is 0 Å². The first kappa shape index (κ1) is 14.3. The Bertz CT molecular complexity index is 481. The van der Waals surface area contributed by atoms with Crippen LogP contribution in [0.3, 0.4) is 0 Å². The summed E-state index contributed by atoms with van der Waals surface area (Å²) in [7, 11) is 0. The second kappa shape index (κ2) is 6.22. The molecule has 1 rings (SSSR count). The van der Waals surface area contributed by atoms with Gasteiger partial charge in [0.15, 0.2) is 0 Å². The van der Waals surface area contributed by atoms with Crippen LogP contribution < -0.4 is 10.6 Å². The predicted octanol–water partition coefficient (Wildman–Crippen LogP) is 1.93. The SMILES string of the molecule is CC(C)NC(=O)C(C)Nc1nccc(C#N)c1Cl. The Balaban J connectivity index is 2.80. The first-order valence-electron chi connectivity index (χ1n) is 5.57. The van der Waals surface area contributed by atoms with Crippen molar-refractivity contribution in [1.82, 2.24) is 10.3 Å². The maximum Gasteiger partial charge on any atom is 0.242 e. The topological polar surface area (TPSA) is 77.8 Å². The molecule has 18 heavy (non-hydrogen) atoms. The van der Waals surface area contributed by atoms with Crippen LogP contribution in [0.1, 0.15) is 26.3 Å². The van der Waals surface area contributed by atoms with Crippen molar-refractivity contribution in [2.45, 2.75) is 32.9 Å². The lowest BCUT2D eigenvalue weighted by molar-refractivity contribution is -0.122. The van der Waals surface area contributed by atoms with Crippen LogP contribution in [-0.2, 0) is 4.79 Å². The normalized spacial score (nSPS) is 11.8. The van der Waals surface area contributed by atoms with E-state index in [4.69, 9.17) is 16.9 Å². The standard InChI is InChI=1S/C12H15ClN4O/c1-7(2)16-12(18)8(3)17-11-10(13)9(6-14)4-5-15-11/h4-5,7-8H,1-3H3,(H,15,17)(H,16,18). The van der Waals surface area contributed by atoms with Gasteiger partial charge in [-0.2, -0.15) is 5.26 Å². The van der Waals surface area contributed by atoms with Gasteiger partial charge in [0.05, 0.1) is 5.56 Å². The molecule has 0 saturated carbocycles. The number of nitrogens with zero attached hydrogens (tertiary/aromatic N) is 2. The summed E-state index contributed by atoms with van der Waals surface area (Å²) < 4.78 is 0. The molecule has 0 aromatic carbocycles. The van der Waals surface area contributed by atoms with Crippen molar-refractivity contribution in [1.29, 1.82) is 5.26 Å². The Morgan fingerprint density at radius 3 is 2.72 bits per heavy atom. The van der Waals surface area contributed by atoms with E-state index in [9.17, 15) is 4.79 Å². The number of anilines is 1. The van der Waals surface area contributed by atoms with Gasteiger partial charge in [0.25, 0.3) is 0 Å². The monoisotopic (exact) mass is 266 g/mol. The summed E-state index contributed by atoms with van der Waals surface area (Å²) in [5.41, 5.74) is 0.325. The van der Waals surface area contributed by atoms with Crippen LogP contribution in [0.15, 0.2) is 12.3 Å². The lowest BCUT2D eigenvalue weighted by Gasteiger charge is -2.17. The number of nitrogens with one attached hydrogen (secondary N) is 2. The second-order valence-electron chi connectivity index (χ2n) is 4.16. The molecule has 1 unspecified atom stereocenters. The molecule has 96 valence electrons. The van der Waals surface area contributed by atoms with Crippen molar-refractivity contribution >= 4 is 23.3 Å². The van der Waals surface area contributed by atoms with Crippen molar-refractivity contribution in [3.63, 3.8) is 0 Å². The third-order valence-electron chi connectivity index (χ3n) is 2.19. The highest BCUT2D eigenvalue weighted by molar-refractivity contribution is 6.34. The van der Waals surface area contributed by atoms with E-state index in [0.29, 0.717) is 11.4 Å². The highest BCUT2D eigenvalue weighted by atomic mass is 35.5. The maximum atomic E-state index is 11.7. The number of hydrogen-bond acceptors (Lipinski definition) is 4.